The van der Waals surface area contributed by atoms with E-state index in [-0.39, 0.29) is 32.2 Å². The predicted octanol–water partition coefficient (Wildman–Crippen LogP) is 2.86. The van der Waals surface area contributed by atoms with Crippen molar-refractivity contribution in [3.8, 4) is 11.5 Å². The number of benzene rings is 1. The molecular formula is C18H25NO5S2. The van der Waals surface area contributed by atoms with Crippen molar-refractivity contribution in [1.82, 2.24) is 4.90 Å². The molecule has 0 bridgehead atoms. The van der Waals surface area contributed by atoms with Gasteiger partial charge in [-0.2, -0.15) is 0 Å². The standard InChI is InChI=1S/C18H25NO5S2/c1-10-14-12(23-17(2,3)25-14)11(13-15(10)26-18(4,5)24-13)16(22)19(6-8-20)7-9-21/h20-21H,6-9H2,1-5H3. The highest BCUT2D eigenvalue weighted by Gasteiger charge is 2.45. The topological polar surface area (TPSA) is 79.2 Å². The second-order valence-electron chi connectivity index (χ2n) is 7.26. The van der Waals surface area contributed by atoms with Crippen molar-refractivity contribution in [2.45, 2.75) is 54.3 Å². The number of aliphatic hydroxyl groups excluding tert-OH is 2. The van der Waals surface area contributed by atoms with Crippen LogP contribution in [0.2, 0.25) is 0 Å². The summed E-state index contributed by atoms with van der Waals surface area (Å²) in [5, 5.41) is 18.6. The summed E-state index contributed by atoms with van der Waals surface area (Å²) < 4.78 is 12.3. The largest absolute Gasteiger partial charge is 0.475 e. The Hall–Kier alpha value is -1.09. The first-order valence-electron chi connectivity index (χ1n) is 8.58. The molecule has 1 aromatic carbocycles. The zero-order valence-corrected chi connectivity index (χ0v) is 17.3. The molecule has 0 fully saturated rings. The maximum atomic E-state index is 13.3. The van der Waals surface area contributed by atoms with Crippen LogP contribution in [0.1, 0.15) is 43.6 Å². The fraction of sp³-hybridized carbons (Fsp3) is 0.611. The molecule has 0 radical (unpaired) electrons. The number of rotatable bonds is 5. The van der Waals surface area contributed by atoms with Crippen LogP contribution in [0.15, 0.2) is 9.79 Å². The second kappa shape index (κ2) is 6.82. The lowest BCUT2D eigenvalue weighted by Crippen LogP contribution is -2.36. The lowest BCUT2D eigenvalue weighted by Gasteiger charge is -2.24. The van der Waals surface area contributed by atoms with Crippen molar-refractivity contribution in [1.29, 1.82) is 0 Å². The van der Waals surface area contributed by atoms with E-state index in [9.17, 15) is 15.0 Å². The number of hydrogen-bond donors (Lipinski definition) is 2. The first kappa shape index (κ1) is 19.7. The van der Waals surface area contributed by atoms with Crippen LogP contribution in [0, 0.1) is 6.92 Å². The van der Waals surface area contributed by atoms with E-state index >= 15 is 0 Å². The molecule has 26 heavy (non-hydrogen) atoms. The highest BCUT2D eigenvalue weighted by molar-refractivity contribution is 8.01. The summed E-state index contributed by atoms with van der Waals surface area (Å²) in [6.07, 6.45) is 0. The quantitative estimate of drug-likeness (QED) is 0.788. The minimum absolute atomic E-state index is 0.143. The molecule has 0 aromatic heterocycles. The summed E-state index contributed by atoms with van der Waals surface area (Å²) in [6.45, 7) is 9.82. The number of hydrogen-bond acceptors (Lipinski definition) is 7. The molecule has 8 heteroatoms. The number of carbonyl (C=O) groups is 1. The van der Waals surface area contributed by atoms with Crippen molar-refractivity contribution in [3.63, 3.8) is 0 Å². The van der Waals surface area contributed by atoms with Gasteiger partial charge >= 0.3 is 0 Å². The average Bonchev–Trinajstić information content (AvgIpc) is 3.02. The van der Waals surface area contributed by atoms with Gasteiger partial charge in [-0.15, -0.1) is 0 Å². The Balaban J connectivity index is 2.17. The van der Waals surface area contributed by atoms with E-state index in [4.69, 9.17) is 9.47 Å². The summed E-state index contributed by atoms with van der Waals surface area (Å²) in [6, 6.07) is 0. The highest BCUT2D eigenvalue weighted by atomic mass is 32.2. The van der Waals surface area contributed by atoms with E-state index in [1.165, 1.54) is 4.90 Å². The summed E-state index contributed by atoms with van der Waals surface area (Å²) in [7, 11) is 0. The molecule has 0 spiro atoms. The molecule has 1 amide bonds. The number of ether oxygens (including phenoxy) is 2. The van der Waals surface area contributed by atoms with Gasteiger partial charge in [0.1, 0.15) is 5.56 Å². The summed E-state index contributed by atoms with van der Waals surface area (Å²) >= 11 is 3.19. The smallest absolute Gasteiger partial charge is 0.261 e. The first-order chi connectivity index (χ1) is 12.1. The molecule has 2 N–H and O–H groups in total. The van der Waals surface area contributed by atoms with Crippen LogP contribution in [0.25, 0.3) is 0 Å². The lowest BCUT2D eigenvalue weighted by molar-refractivity contribution is 0.0669. The fourth-order valence-corrected chi connectivity index (χ4v) is 5.43. The third-order valence-corrected chi connectivity index (χ3v) is 6.72. The molecule has 2 aliphatic rings. The zero-order valence-electron chi connectivity index (χ0n) is 15.7. The van der Waals surface area contributed by atoms with E-state index in [1.807, 2.05) is 34.6 Å². The van der Waals surface area contributed by atoms with Crippen LogP contribution >= 0.6 is 23.5 Å². The number of amides is 1. The molecule has 6 nitrogen and oxygen atoms in total. The Kier molecular flexibility index (Phi) is 5.16. The van der Waals surface area contributed by atoms with Crippen LogP contribution in [0.3, 0.4) is 0 Å². The monoisotopic (exact) mass is 399 g/mol. The predicted molar refractivity (Wildman–Crippen MR) is 102 cm³/mol. The molecule has 0 unspecified atom stereocenters. The van der Waals surface area contributed by atoms with Crippen LogP contribution < -0.4 is 9.47 Å². The first-order valence-corrected chi connectivity index (χ1v) is 10.2. The summed E-state index contributed by atoms with van der Waals surface area (Å²) in [4.78, 5) is 15.7. The van der Waals surface area contributed by atoms with Gasteiger partial charge in [-0.1, -0.05) is 23.5 Å². The van der Waals surface area contributed by atoms with Crippen LogP contribution in [-0.2, 0) is 0 Å². The Morgan fingerprint density at radius 1 is 0.962 bits per heavy atom. The van der Waals surface area contributed by atoms with Crippen molar-refractivity contribution >= 4 is 29.4 Å². The van der Waals surface area contributed by atoms with Crippen molar-refractivity contribution in [2.75, 3.05) is 26.3 Å². The maximum absolute atomic E-state index is 13.3. The van der Waals surface area contributed by atoms with E-state index < -0.39 is 9.87 Å². The summed E-state index contributed by atoms with van der Waals surface area (Å²) in [5.74, 6) is 0.790. The summed E-state index contributed by atoms with van der Waals surface area (Å²) in [5.41, 5.74) is 1.45. The van der Waals surface area contributed by atoms with Gasteiger partial charge in [0, 0.05) is 13.1 Å². The molecule has 3 rings (SSSR count). The number of carbonyl (C=O) groups excluding carboxylic acids is 1. The van der Waals surface area contributed by atoms with Crippen LogP contribution in [0.5, 0.6) is 11.5 Å². The van der Waals surface area contributed by atoms with Gasteiger partial charge in [0.05, 0.1) is 23.0 Å². The Morgan fingerprint density at radius 3 is 1.77 bits per heavy atom. The van der Waals surface area contributed by atoms with Crippen LogP contribution in [-0.4, -0.2) is 57.2 Å². The lowest BCUT2D eigenvalue weighted by atomic mass is 10.1. The number of nitrogens with zero attached hydrogens (tertiary/aromatic N) is 1. The molecule has 0 saturated heterocycles. The third-order valence-electron chi connectivity index (χ3n) is 4.18. The van der Waals surface area contributed by atoms with E-state index in [2.05, 4.69) is 0 Å². The molecule has 144 valence electrons. The van der Waals surface area contributed by atoms with Gasteiger partial charge in [-0.05, 0) is 40.2 Å². The molecular weight excluding hydrogens is 374 g/mol. The van der Waals surface area contributed by atoms with Gasteiger partial charge < -0.3 is 24.6 Å². The van der Waals surface area contributed by atoms with Gasteiger partial charge in [-0.3, -0.25) is 4.79 Å². The SMILES string of the molecule is Cc1c2c(c(C(=O)N(CCO)CCO)c3c1SC(C)(C)O3)OC(C)(C)S2. The third kappa shape index (κ3) is 3.40. The van der Waals surface area contributed by atoms with Gasteiger partial charge in [0.25, 0.3) is 5.91 Å². The average molecular weight is 400 g/mol. The van der Waals surface area contributed by atoms with Crippen molar-refractivity contribution in [3.05, 3.63) is 11.1 Å². The molecule has 2 heterocycles. The van der Waals surface area contributed by atoms with E-state index in [0.717, 1.165) is 15.4 Å². The molecule has 0 atom stereocenters. The Labute approximate surface area is 162 Å². The molecule has 1 aromatic rings. The molecule has 0 saturated carbocycles. The minimum Gasteiger partial charge on any atom is -0.475 e. The molecule has 0 aliphatic carbocycles. The molecule has 2 aliphatic heterocycles. The van der Waals surface area contributed by atoms with E-state index in [0.29, 0.717) is 17.1 Å². The van der Waals surface area contributed by atoms with Gasteiger partial charge in [-0.25, -0.2) is 0 Å². The van der Waals surface area contributed by atoms with Gasteiger partial charge in [0.2, 0.25) is 0 Å². The number of aliphatic hydroxyl groups is 2. The normalized spacial score (nSPS) is 18.7. The zero-order chi connectivity index (χ0) is 19.3. The Bertz CT molecular complexity index is 697. The number of thioether (sulfide) groups is 2. The minimum atomic E-state index is -0.476. The Morgan fingerprint density at radius 2 is 1.38 bits per heavy atom. The highest BCUT2D eigenvalue weighted by Crippen LogP contribution is 2.60. The van der Waals surface area contributed by atoms with Crippen molar-refractivity contribution in [2.24, 2.45) is 0 Å². The van der Waals surface area contributed by atoms with Crippen molar-refractivity contribution < 1.29 is 24.5 Å². The fourth-order valence-electron chi connectivity index (χ4n) is 3.15. The second-order valence-corrected chi connectivity index (χ2v) is 10.5. The maximum Gasteiger partial charge on any atom is 0.261 e. The van der Waals surface area contributed by atoms with Gasteiger partial charge in [0.15, 0.2) is 21.4 Å². The number of fused-ring (bicyclic) bond motifs is 2. The van der Waals surface area contributed by atoms with E-state index in [1.54, 1.807) is 23.5 Å². The van der Waals surface area contributed by atoms with Crippen LogP contribution in [0.4, 0.5) is 0 Å².